The maximum Gasteiger partial charge on any atom is 0.106 e. The Balaban J connectivity index is 1.92. The highest BCUT2D eigenvalue weighted by molar-refractivity contribution is 7.80. The number of hydrogen-bond donors (Lipinski definition) is 1. The number of aryl methyl sites for hydroxylation is 1. The number of thiocarbonyl (C=S) groups is 1. The van der Waals surface area contributed by atoms with Crippen LogP contribution in [0.25, 0.3) is 0 Å². The third kappa shape index (κ3) is 4.18. The molecule has 1 aromatic rings. The van der Waals surface area contributed by atoms with Crippen molar-refractivity contribution in [1.29, 1.82) is 0 Å². The third-order valence-electron chi connectivity index (χ3n) is 3.45. The molecule has 104 valence electrons. The fourth-order valence-corrected chi connectivity index (χ4v) is 2.20. The van der Waals surface area contributed by atoms with Crippen LogP contribution in [0.4, 0.5) is 5.69 Å². The first-order chi connectivity index (χ1) is 9.08. The minimum atomic E-state index is 0.449. The Labute approximate surface area is 120 Å². The molecule has 4 heteroatoms. The summed E-state index contributed by atoms with van der Waals surface area (Å²) in [6.45, 7) is 4.55. The topological polar surface area (TPSA) is 38.5 Å². The van der Waals surface area contributed by atoms with Gasteiger partial charge in [-0.2, -0.15) is 0 Å². The molecule has 0 atom stereocenters. The normalized spacial score (nSPS) is 14.4. The molecular weight excluding hydrogens is 256 g/mol. The van der Waals surface area contributed by atoms with Crippen molar-refractivity contribution in [3.63, 3.8) is 0 Å². The smallest absolute Gasteiger partial charge is 0.106 e. The van der Waals surface area contributed by atoms with Gasteiger partial charge in [0.25, 0.3) is 0 Å². The van der Waals surface area contributed by atoms with Crippen LogP contribution >= 0.6 is 12.2 Å². The van der Waals surface area contributed by atoms with Gasteiger partial charge in [0.1, 0.15) is 4.99 Å². The molecular formula is C15H22N2OS. The van der Waals surface area contributed by atoms with Crippen LogP contribution in [-0.4, -0.2) is 31.8 Å². The molecule has 1 saturated carbocycles. The van der Waals surface area contributed by atoms with Crippen LogP contribution in [0.1, 0.15) is 24.0 Å². The van der Waals surface area contributed by atoms with Crippen LogP contribution in [0.3, 0.4) is 0 Å². The van der Waals surface area contributed by atoms with E-state index in [-0.39, 0.29) is 0 Å². The van der Waals surface area contributed by atoms with Crippen molar-refractivity contribution in [3.8, 4) is 0 Å². The van der Waals surface area contributed by atoms with Gasteiger partial charge in [-0.25, -0.2) is 0 Å². The van der Waals surface area contributed by atoms with E-state index in [4.69, 9.17) is 22.7 Å². The fraction of sp³-hybridized carbons (Fsp3) is 0.533. The first-order valence-electron chi connectivity index (χ1n) is 6.77. The molecule has 0 heterocycles. The van der Waals surface area contributed by atoms with E-state index < -0.39 is 0 Å². The summed E-state index contributed by atoms with van der Waals surface area (Å²) in [5.41, 5.74) is 8.99. The summed E-state index contributed by atoms with van der Waals surface area (Å²) in [6.07, 6.45) is 2.67. The summed E-state index contributed by atoms with van der Waals surface area (Å²) in [5.74, 6) is 0.817. The lowest BCUT2D eigenvalue weighted by Gasteiger charge is -2.22. The molecule has 0 bridgehead atoms. The molecule has 0 radical (unpaired) electrons. The lowest BCUT2D eigenvalue weighted by molar-refractivity contribution is 0.131. The van der Waals surface area contributed by atoms with Gasteiger partial charge >= 0.3 is 0 Å². The predicted molar refractivity (Wildman–Crippen MR) is 83.9 cm³/mol. The third-order valence-corrected chi connectivity index (χ3v) is 3.67. The number of nitrogens with zero attached hydrogens (tertiary/aromatic N) is 1. The minimum Gasteiger partial charge on any atom is -0.389 e. The molecule has 19 heavy (non-hydrogen) atoms. The number of likely N-dealkylation sites (N-methyl/N-ethyl adjacent to an activating group) is 1. The molecule has 2 N–H and O–H groups in total. The fourth-order valence-electron chi connectivity index (χ4n) is 2.04. The molecule has 0 aromatic heterocycles. The molecule has 0 unspecified atom stereocenters. The van der Waals surface area contributed by atoms with E-state index in [1.54, 1.807) is 0 Å². The summed E-state index contributed by atoms with van der Waals surface area (Å²) >= 11 is 5.13. The first-order valence-corrected chi connectivity index (χ1v) is 7.18. The molecule has 0 spiro atoms. The van der Waals surface area contributed by atoms with E-state index in [1.807, 2.05) is 20.0 Å². The second-order valence-corrected chi connectivity index (χ2v) is 5.76. The van der Waals surface area contributed by atoms with Crippen molar-refractivity contribution in [1.82, 2.24) is 0 Å². The van der Waals surface area contributed by atoms with Crippen LogP contribution in [0, 0.1) is 12.8 Å². The van der Waals surface area contributed by atoms with E-state index in [0.717, 1.165) is 36.9 Å². The Morgan fingerprint density at radius 2 is 2.21 bits per heavy atom. The lowest BCUT2D eigenvalue weighted by atomic mass is 10.1. The zero-order valence-corrected chi connectivity index (χ0v) is 12.5. The molecule has 1 aromatic carbocycles. The first kappa shape index (κ1) is 14.3. The van der Waals surface area contributed by atoms with Gasteiger partial charge in [0.15, 0.2) is 0 Å². The number of anilines is 1. The van der Waals surface area contributed by atoms with Gasteiger partial charge in [-0.1, -0.05) is 23.8 Å². The summed E-state index contributed by atoms with van der Waals surface area (Å²) in [4.78, 5) is 2.60. The maximum atomic E-state index is 5.80. The van der Waals surface area contributed by atoms with E-state index in [1.165, 1.54) is 18.4 Å². The minimum absolute atomic E-state index is 0.449. The zero-order chi connectivity index (χ0) is 13.8. The molecule has 0 saturated heterocycles. The number of ether oxygens (including phenoxy) is 1. The predicted octanol–water partition coefficient (Wildman–Crippen LogP) is 2.49. The highest BCUT2D eigenvalue weighted by Crippen LogP contribution is 2.28. The van der Waals surface area contributed by atoms with Crippen molar-refractivity contribution in [3.05, 3.63) is 29.3 Å². The van der Waals surface area contributed by atoms with Gasteiger partial charge in [-0.15, -0.1) is 0 Å². The SMILES string of the molecule is Cc1ccc(N(C)CCOCC2CC2)c(C(N)=S)c1. The quantitative estimate of drug-likeness (QED) is 0.614. The molecule has 2 rings (SSSR count). The van der Waals surface area contributed by atoms with Crippen LogP contribution in [-0.2, 0) is 4.74 Å². The highest BCUT2D eigenvalue weighted by atomic mass is 32.1. The molecule has 1 fully saturated rings. The Bertz CT molecular complexity index is 457. The van der Waals surface area contributed by atoms with Crippen LogP contribution in [0.5, 0.6) is 0 Å². The molecule has 3 nitrogen and oxygen atoms in total. The van der Waals surface area contributed by atoms with Gasteiger partial charge < -0.3 is 15.4 Å². The molecule has 1 aliphatic rings. The van der Waals surface area contributed by atoms with Crippen molar-refractivity contribution in [2.45, 2.75) is 19.8 Å². The summed E-state index contributed by atoms with van der Waals surface area (Å²) in [6, 6.07) is 6.20. The number of benzene rings is 1. The van der Waals surface area contributed by atoms with Crippen LogP contribution in [0.15, 0.2) is 18.2 Å². The molecule has 0 aliphatic heterocycles. The summed E-state index contributed by atoms with van der Waals surface area (Å²) in [5, 5.41) is 0. The lowest BCUT2D eigenvalue weighted by Crippen LogP contribution is -2.26. The van der Waals surface area contributed by atoms with Gasteiger partial charge in [0.05, 0.1) is 6.61 Å². The summed E-state index contributed by atoms with van der Waals surface area (Å²) < 4.78 is 5.67. The largest absolute Gasteiger partial charge is 0.389 e. The second kappa shape index (κ2) is 6.35. The standard InChI is InChI=1S/C15H22N2OS/c1-11-3-6-14(13(9-11)15(16)19)17(2)7-8-18-10-12-4-5-12/h3,6,9,12H,4-5,7-8,10H2,1-2H3,(H2,16,19). The van der Waals surface area contributed by atoms with Gasteiger partial charge in [-0.3, -0.25) is 0 Å². The second-order valence-electron chi connectivity index (χ2n) is 5.32. The Hall–Kier alpha value is -1.13. The van der Waals surface area contributed by atoms with Crippen molar-refractivity contribution in [2.75, 3.05) is 31.7 Å². The zero-order valence-electron chi connectivity index (χ0n) is 11.7. The Kier molecular flexibility index (Phi) is 4.77. The van der Waals surface area contributed by atoms with Crippen LogP contribution in [0.2, 0.25) is 0 Å². The summed E-state index contributed by atoms with van der Waals surface area (Å²) in [7, 11) is 2.05. The monoisotopic (exact) mass is 278 g/mol. The Morgan fingerprint density at radius 3 is 2.84 bits per heavy atom. The van der Waals surface area contributed by atoms with E-state index >= 15 is 0 Å². The number of nitrogens with two attached hydrogens (primary N) is 1. The highest BCUT2D eigenvalue weighted by Gasteiger charge is 2.21. The van der Waals surface area contributed by atoms with Crippen molar-refractivity contribution >= 4 is 22.9 Å². The van der Waals surface area contributed by atoms with Gasteiger partial charge in [0, 0.05) is 31.5 Å². The van der Waals surface area contributed by atoms with Crippen LogP contribution < -0.4 is 10.6 Å². The average Bonchev–Trinajstić information content (AvgIpc) is 3.18. The molecule has 0 amide bonds. The Morgan fingerprint density at radius 1 is 1.47 bits per heavy atom. The van der Waals surface area contributed by atoms with Gasteiger partial charge in [0.2, 0.25) is 0 Å². The number of hydrogen-bond acceptors (Lipinski definition) is 3. The maximum absolute atomic E-state index is 5.80. The van der Waals surface area contributed by atoms with E-state index in [9.17, 15) is 0 Å². The number of rotatable bonds is 7. The van der Waals surface area contributed by atoms with Crippen molar-refractivity contribution < 1.29 is 4.74 Å². The van der Waals surface area contributed by atoms with E-state index in [0.29, 0.717) is 4.99 Å². The van der Waals surface area contributed by atoms with Gasteiger partial charge in [-0.05, 0) is 37.8 Å². The average molecular weight is 278 g/mol. The van der Waals surface area contributed by atoms with E-state index in [2.05, 4.69) is 17.0 Å². The van der Waals surface area contributed by atoms with Crippen molar-refractivity contribution in [2.24, 2.45) is 11.7 Å². The molecule has 1 aliphatic carbocycles.